The van der Waals surface area contributed by atoms with Crippen molar-refractivity contribution >= 4 is 17.7 Å². The van der Waals surface area contributed by atoms with Crippen LogP contribution in [0.2, 0.25) is 0 Å². The Morgan fingerprint density at radius 2 is 1.75 bits per heavy atom. The van der Waals surface area contributed by atoms with Gasteiger partial charge in [0.15, 0.2) is 0 Å². The van der Waals surface area contributed by atoms with Gasteiger partial charge in [0.25, 0.3) is 0 Å². The molecule has 1 unspecified atom stereocenters. The molecule has 1 aromatic rings. The van der Waals surface area contributed by atoms with E-state index in [4.69, 9.17) is 0 Å². The summed E-state index contributed by atoms with van der Waals surface area (Å²) in [5.41, 5.74) is 0.993. The van der Waals surface area contributed by atoms with Gasteiger partial charge in [-0.1, -0.05) is 30.3 Å². The van der Waals surface area contributed by atoms with Gasteiger partial charge >= 0.3 is 0 Å². The van der Waals surface area contributed by atoms with Crippen molar-refractivity contribution in [3.63, 3.8) is 0 Å². The Kier molecular flexibility index (Phi) is 6.78. The highest BCUT2D eigenvalue weighted by Crippen LogP contribution is 2.12. The van der Waals surface area contributed by atoms with E-state index in [9.17, 15) is 14.4 Å². The predicted molar refractivity (Wildman–Crippen MR) is 91.2 cm³/mol. The first-order valence-corrected chi connectivity index (χ1v) is 8.43. The van der Waals surface area contributed by atoms with Crippen LogP contribution in [0.5, 0.6) is 0 Å². The van der Waals surface area contributed by atoms with Gasteiger partial charge in [0.1, 0.15) is 6.04 Å². The van der Waals surface area contributed by atoms with Crippen molar-refractivity contribution in [3.05, 3.63) is 35.9 Å². The highest BCUT2D eigenvalue weighted by molar-refractivity contribution is 5.90. The number of nitrogens with zero attached hydrogens (tertiary/aromatic N) is 1. The first-order valence-electron chi connectivity index (χ1n) is 8.43. The lowest BCUT2D eigenvalue weighted by molar-refractivity contribution is -0.137. The molecular weight excluding hydrogens is 306 g/mol. The molecule has 0 bridgehead atoms. The molecule has 6 nitrogen and oxygen atoms in total. The highest BCUT2D eigenvalue weighted by Gasteiger charge is 2.27. The van der Waals surface area contributed by atoms with E-state index in [1.54, 1.807) is 0 Å². The maximum atomic E-state index is 12.8. The number of hydrogen-bond donors (Lipinski definition) is 2. The van der Waals surface area contributed by atoms with Gasteiger partial charge in [0, 0.05) is 26.4 Å². The van der Waals surface area contributed by atoms with Gasteiger partial charge in [-0.2, -0.15) is 0 Å². The van der Waals surface area contributed by atoms with Gasteiger partial charge in [-0.25, -0.2) is 0 Å². The lowest BCUT2D eigenvalue weighted by atomic mass is 10.0. The third kappa shape index (κ3) is 5.68. The number of amides is 3. The zero-order chi connectivity index (χ0) is 17.4. The topological polar surface area (TPSA) is 78.5 Å². The SMILES string of the molecule is CC(=O)NCC(=O)NC(Cc1ccccc1)C(=O)N1CCCCC1. The third-order valence-electron chi connectivity index (χ3n) is 4.08. The Labute approximate surface area is 142 Å². The van der Waals surface area contributed by atoms with E-state index < -0.39 is 6.04 Å². The summed E-state index contributed by atoms with van der Waals surface area (Å²) in [4.78, 5) is 37.6. The van der Waals surface area contributed by atoms with Crippen molar-refractivity contribution in [1.82, 2.24) is 15.5 Å². The fraction of sp³-hybridized carbons (Fsp3) is 0.500. The van der Waals surface area contributed by atoms with Crippen LogP contribution >= 0.6 is 0 Å². The summed E-state index contributed by atoms with van der Waals surface area (Å²) in [6.45, 7) is 2.72. The molecule has 1 atom stereocenters. The third-order valence-corrected chi connectivity index (χ3v) is 4.08. The first-order chi connectivity index (χ1) is 11.6. The van der Waals surface area contributed by atoms with Gasteiger partial charge < -0.3 is 15.5 Å². The Hall–Kier alpha value is -2.37. The second kappa shape index (κ2) is 9.05. The van der Waals surface area contributed by atoms with E-state index in [1.165, 1.54) is 6.92 Å². The molecule has 1 saturated heterocycles. The number of likely N-dealkylation sites (tertiary alicyclic amines) is 1. The van der Waals surface area contributed by atoms with E-state index in [0.717, 1.165) is 37.9 Å². The normalized spacial score (nSPS) is 15.5. The molecule has 2 rings (SSSR count). The molecule has 1 heterocycles. The van der Waals surface area contributed by atoms with Crippen LogP contribution < -0.4 is 10.6 Å². The molecule has 0 spiro atoms. The molecule has 24 heavy (non-hydrogen) atoms. The lowest BCUT2D eigenvalue weighted by Gasteiger charge is -2.31. The summed E-state index contributed by atoms with van der Waals surface area (Å²) >= 11 is 0. The lowest BCUT2D eigenvalue weighted by Crippen LogP contribution is -2.52. The van der Waals surface area contributed by atoms with Crippen molar-refractivity contribution in [3.8, 4) is 0 Å². The van der Waals surface area contributed by atoms with Crippen LogP contribution in [-0.4, -0.2) is 48.3 Å². The predicted octanol–water partition coefficient (Wildman–Crippen LogP) is 0.863. The maximum absolute atomic E-state index is 12.8. The number of benzene rings is 1. The van der Waals surface area contributed by atoms with Crippen LogP contribution in [0.4, 0.5) is 0 Å². The van der Waals surface area contributed by atoms with Crippen molar-refractivity contribution in [1.29, 1.82) is 0 Å². The number of rotatable bonds is 6. The zero-order valence-corrected chi connectivity index (χ0v) is 14.1. The van der Waals surface area contributed by atoms with E-state index >= 15 is 0 Å². The molecule has 0 radical (unpaired) electrons. The summed E-state index contributed by atoms with van der Waals surface area (Å²) in [6.07, 6.45) is 3.59. The molecule has 6 heteroatoms. The number of piperidine rings is 1. The Bertz CT molecular complexity index is 568. The minimum Gasteiger partial charge on any atom is -0.347 e. The van der Waals surface area contributed by atoms with Crippen LogP contribution in [0.15, 0.2) is 30.3 Å². The molecular formula is C18H25N3O3. The fourth-order valence-corrected chi connectivity index (χ4v) is 2.83. The van der Waals surface area contributed by atoms with E-state index in [2.05, 4.69) is 10.6 Å². The van der Waals surface area contributed by atoms with E-state index in [0.29, 0.717) is 6.42 Å². The van der Waals surface area contributed by atoms with Gasteiger partial charge in [0.05, 0.1) is 6.54 Å². The molecule has 1 aliphatic rings. The quantitative estimate of drug-likeness (QED) is 0.812. The molecule has 0 aromatic heterocycles. The van der Waals surface area contributed by atoms with Crippen LogP contribution in [0.1, 0.15) is 31.7 Å². The van der Waals surface area contributed by atoms with Crippen LogP contribution in [0.3, 0.4) is 0 Å². The summed E-state index contributed by atoms with van der Waals surface area (Å²) < 4.78 is 0. The molecule has 0 saturated carbocycles. The molecule has 3 amide bonds. The van der Waals surface area contributed by atoms with Gasteiger partial charge in [-0.05, 0) is 24.8 Å². The van der Waals surface area contributed by atoms with Crippen molar-refractivity contribution in [2.75, 3.05) is 19.6 Å². The summed E-state index contributed by atoms with van der Waals surface area (Å²) in [6, 6.07) is 9.02. The number of carbonyl (C=O) groups is 3. The monoisotopic (exact) mass is 331 g/mol. The minimum atomic E-state index is -0.605. The molecule has 2 N–H and O–H groups in total. The second-order valence-electron chi connectivity index (χ2n) is 6.11. The molecule has 1 aromatic carbocycles. The van der Waals surface area contributed by atoms with E-state index in [-0.39, 0.29) is 24.3 Å². The van der Waals surface area contributed by atoms with Gasteiger partial charge in [-0.3, -0.25) is 14.4 Å². The number of nitrogens with one attached hydrogen (secondary N) is 2. The molecule has 1 fully saturated rings. The Morgan fingerprint density at radius 1 is 1.08 bits per heavy atom. The standard InChI is InChI=1S/C18H25N3O3/c1-14(22)19-13-17(23)20-16(12-15-8-4-2-5-9-15)18(24)21-10-6-3-7-11-21/h2,4-5,8-9,16H,3,6-7,10-13H2,1H3,(H,19,22)(H,20,23). The second-order valence-corrected chi connectivity index (χ2v) is 6.11. The first kappa shape index (κ1) is 18.0. The highest BCUT2D eigenvalue weighted by atomic mass is 16.2. The van der Waals surface area contributed by atoms with Crippen molar-refractivity contribution < 1.29 is 14.4 Å². The maximum Gasteiger partial charge on any atom is 0.245 e. The summed E-state index contributed by atoms with van der Waals surface area (Å²) in [7, 11) is 0. The molecule has 130 valence electrons. The smallest absolute Gasteiger partial charge is 0.245 e. The number of carbonyl (C=O) groups excluding carboxylic acids is 3. The van der Waals surface area contributed by atoms with E-state index in [1.807, 2.05) is 35.2 Å². The molecule has 1 aliphatic heterocycles. The Morgan fingerprint density at radius 3 is 2.38 bits per heavy atom. The molecule has 0 aliphatic carbocycles. The van der Waals surface area contributed by atoms with Gasteiger partial charge in [-0.15, -0.1) is 0 Å². The average Bonchev–Trinajstić information content (AvgIpc) is 2.60. The van der Waals surface area contributed by atoms with Crippen molar-refractivity contribution in [2.45, 2.75) is 38.6 Å². The minimum absolute atomic E-state index is 0.0465. The largest absolute Gasteiger partial charge is 0.347 e. The fourth-order valence-electron chi connectivity index (χ4n) is 2.83. The van der Waals surface area contributed by atoms with Crippen LogP contribution in [0.25, 0.3) is 0 Å². The van der Waals surface area contributed by atoms with Crippen LogP contribution in [0, 0.1) is 0 Å². The summed E-state index contributed by atoms with van der Waals surface area (Å²) in [5.74, 6) is -0.668. The Balaban J connectivity index is 2.03. The van der Waals surface area contributed by atoms with Crippen LogP contribution in [-0.2, 0) is 20.8 Å². The van der Waals surface area contributed by atoms with Gasteiger partial charge in [0.2, 0.25) is 17.7 Å². The summed E-state index contributed by atoms with van der Waals surface area (Å²) in [5, 5.41) is 5.23. The number of hydrogen-bond acceptors (Lipinski definition) is 3. The average molecular weight is 331 g/mol. The van der Waals surface area contributed by atoms with Crippen molar-refractivity contribution in [2.24, 2.45) is 0 Å². The zero-order valence-electron chi connectivity index (χ0n) is 14.1.